The summed E-state index contributed by atoms with van der Waals surface area (Å²) >= 11 is 0. The zero-order valence-electron chi connectivity index (χ0n) is 20.9. The van der Waals surface area contributed by atoms with Crippen molar-refractivity contribution in [3.05, 3.63) is 102 Å². The highest BCUT2D eigenvalue weighted by molar-refractivity contribution is 6.07. The largest absolute Gasteiger partial charge is 0.507 e. The first-order valence-corrected chi connectivity index (χ1v) is 12.1. The number of anilines is 1. The van der Waals surface area contributed by atoms with Gasteiger partial charge in [0.2, 0.25) is 0 Å². The fourth-order valence-electron chi connectivity index (χ4n) is 4.34. The first kappa shape index (κ1) is 24.9. The Labute approximate surface area is 212 Å². The number of phenolic OH excluding ortho intramolecular Hbond substituents is 2. The molecule has 0 aliphatic carbocycles. The smallest absolute Gasteiger partial charge is 0.259 e. The fourth-order valence-corrected chi connectivity index (χ4v) is 4.34. The van der Waals surface area contributed by atoms with Gasteiger partial charge in [-0.15, -0.1) is 0 Å². The number of phenols is 2. The summed E-state index contributed by atoms with van der Waals surface area (Å²) in [6.45, 7) is 8.25. The first-order chi connectivity index (χ1) is 17.3. The van der Waals surface area contributed by atoms with Crippen molar-refractivity contribution < 1.29 is 19.7 Å². The predicted octanol–water partition coefficient (Wildman–Crippen LogP) is 8.06. The van der Waals surface area contributed by atoms with Gasteiger partial charge in [-0.2, -0.15) is 0 Å². The third-order valence-corrected chi connectivity index (χ3v) is 6.13. The van der Waals surface area contributed by atoms with Crippen LogP contribution in [0.15, 0.2) is 84.9 Å². The second-order valence-electron chi connectivity index (χ2n) is 9.34. The zero-order chi connectivity index (χ0) is 25.8. The molecule has 36 heavy (non-hydrogen) atoms. The summed E-state index contributed by atoms with van der Waals surface area (Å²) in [5.41, 5.74) is 4.16. The van der Waals surface area contributed by atoms with E-state index in [0.717, 1.165) is 16.7 Å². The molecule has 0 heterocycles. The van der Waals surface area contributed by atoms with E-state index in [1.165, 1.54) is 6.07 Å². The van der Waals surface area contributed by atoms with Crippen LogP contribution in [0.25, 0.3) is 11.1 Å². The maximum atomic E-state index is 13.2. The van der Waals surface area contributed by atoms with Gasteiger partial charge in [-0.1, -0.05) is 82.3 Å². The van der Waals surface area contributed by atoms with Crippen molar-refractivity contribution in [2.75, 3.05) is 5.32 Å². The van der Waals surface area contributed by atoms with Crippen molar-refractivity contribution in [1.82, 2.24) is 0 Å². The molecule has 0 fully saturated rings. The van der Waals surface area contributed by atoms with Gasteiger partial charge in [0, 0.05) is 16.7 Å². The summed E-state index contributed by atoms with van der Waals surface area (Å²) in [5, 5.41) is 23.7. The molecule has 3 N–H and O–H groups in total. The molecule has 0 unspecified atom stereocenters. The number of aromatic hydroxyl groups is 2. The summed E-state index contributed by atoms with van der Waals surface area (Å²) < 4.78 is 6.49. The van der Waals surface area contributed by atoms with Gasteiger partial charge >= 0.3 is 0 Å². The highest BCUT2D eigenvalue weighted by atomic mass is 16.5. The van der Waals surface area contributed by atoms with Crippen LogP contribution >= 0.6 is 0 Å². The zero-order valence-corrected chi connectivity index (χ0v) is 20.9. The Morgan fingerprint density at radius 3 is 1.94 bits per heavy atom. The molecule has 0 saturated carbocycles. The Morgan fingerprint density at radius 2 is 1.31 bits per heavy atom. The molecule has 4 aromatic rings. The third kappa shape index (κ3) is 5.05. The Kier molecular flexibility index (Phi) is 7.30. The van der Waals surface area contributed by atoms with Crippen LogP contribution in [0.1, 0.15) is 61.0 Å². The molecule has 0 aliphatic rings. The molecule has 0 spiro atoms. The summed E-state index contributed by atoms with van der Waals surface area (Å²) in [6.07, 6.45) is 0. The number of hydrogen-bond donors (Lipinski definition) is 3. The Morgan fingerprint density at radius 1 is 0.694 bits per heavy atom. The lowest BCUT2D eigenvalue weighted by Gasteiger charge is -2.24. The number of para-hydroxylation sites is 3. The number of rotatable bonds is 7. The molecule has 0 radical (unpaired) electrons. The predicted molar refractivity (Wildman–Crippen MR) is 144 cm³/mol. The Bertz CT molecular complexity index is 1390. The van der Waals surface area contributed by atoms with E-state index in [9.17, 15) is 15.0 Å². The van der Waals surface area contributed by atoms with Crippen molar-refractivity contribution in [1.29, 1.82) is 0 Å². The third-order valence-electron chi connectivity index (χ3n) is 6.13. The molecule has 4 aromatic carbocycles. The number of nitrogens with one attached hydrogen (secondary N) is 1. The Balaban J connectivity index is 1.82. The minimum atomic E-state index is -0.386. The average molecular weight is 482 g/mol. The molecular formula is C31H31NO4. The fraction of sp³-hybridized carbons (Fsp3) is 0.194. The van der Waals surface area contributed by atoms with Crippen molar-refractivity contribution in [3.63, 3.8) is 0 Å². The summed E-state index contributed by atoms with van der Waals surface area (Å²) in [4.78, 5) is 13.2. The van der Waals surface area contributed by atoms with E-state index in [2.05, 4.69) is 33.0 Å². The van der Waals surface area contributed by atoms with Crippen LogP contribution in [-0.2, 0) is 0 Å². The summed E-state index contributed by atoms with van der Waals surface area (Å²) in [6, 6.07) is 25.1. The lowest BCUT2D eigenvalue weighted by atomic mass is 9.91. The first-order valence-electron chi connectivity index (χ1n) is 12.1. The highest BCUT2D eigenvalue weighted by Crippen LogP contribution is 2.44. The van der Waals surface area contributed by atoms with Crippen LogP contribution in [0.4, 0.5) is 5.69 Å². The van der Waals surface area contributed by atoms with E-state index in [-0.39, 0.29) is 34.8 Å². The number of benzene rings is 4. The molecule has 0 aromatic heterocycles. The molecular weight excluding hydrogens is 450 g/mol. The van der Waals surface area contributed by atoms with Gasteiger partial charge in [0.1, 0.15) is 23.0 Å². The molecule has 5 heteroatoms. The van der Waals surface area contributed by atoms with E-state index in [0.29, 0.717) is 22.7 Å². The minimum absolute atomic E-state index is 0.0238. The number of ether oxygens (including phenoxy) is 1. The van der Waals surface area contributed by atoms with Gasteiger partial charge in [0.25, 0.3) is 5.91 Å². The van der Waals surface area contributed by atoms with Crippen molar-refractivity contribution in [2.45, 2.75) is 39.5 Å². The lowest BCUT2D eigenvalue weighted by Crippen LogP contribution is -2.16. The van der Waals surface area contributed by atoms with E-state index in [1.807, 2.05) is 48.5 Å². The topological polar surface area (TPSA) is 78.8 Å². The van der Waals surface area contributed by atoms with E-state index >= 15 is 0 Å². The molecule has 5 nitrogen and oxygen atoms in total. The van der Waals surface area contributed by atoms with Crippen molar-refractivity contribution >= 4 is 11.6 Å². The number of amides is 1. The number of carbonyl (C=O) groups is 1. The standard InChI is InChI=1S/C31H31NO4/c1-19(2)21-17-18-28(36-27-16-10-7-12-23(27)22-11-5-8-14-25(22)33)29(20(3)4)30(21)32-31(35)24-13-6-9-15-26(24)34/h5-20,33-34H,1-4H3,(H,32,35). The van der Waals surface area contributed by atoms with Crippen molar-refractivity contribution in [2.24, 2.45) is 0 Å². The molecule has 0 saturated heterocycles. The van der Waals surface area contributed by atoms with Gasteiger partial charge in [-0.25, -0.2) is 0 Å². The van der Waals surface area contributed by atoms with Crippen LogP contribution in [-0.4, -0.2) is 16.1 Å². The lowest BCUT2D eigenvalue weighted by molar-refractivity contribution is 0.102. The van der Waals surface area contributed by atoms with E-state index in [1.54, 1.807) is 30.3 Å². The minimum Gasteiger partial charge on any atom is -0.507 e. The quantitative estimate of drug-likeness (QED) is 0.249. The van der Waals surface area contributed by atoms with Crippen molar-refractivity contribution in [3.8, 4) is 34.1 Å². The SMILES string of the molecule is CC(C)c1ccc(Oc2ccccc2-c2ccccc2O)c(C(C)C)c1NC(=O)c1ccccc1O. The summed E-state index contributed by atoms with van der Waals surface area (Å²) in [5.74, 6) is 1.09. The maximum absolute atomic E-state index is 13.2. The Hall–Kier alpha value is -4.25. The van der Waals surface area contributed by atoms with Crippen LogP contribution in [0.2, 0.25) is 0 Å². The van der Waals surface area contributed by atoms with Gasteiger partial charge in [0.15, 0.2) is 0 Å². The van der Waals surface area contributed by atoms with E-state index < -0.39 is 0 Å². The van der Waals surface area contributed by atoms with Crippen LogP contribution < -0.4 is 10.1 Å². The second kappa shape index (κ2) is 10.6. The normalized spacial score (nSPS) is 11.1. The monoisotopic (exact) mass is 481 g/mol. The highest BCUT2D eigenvalue weighted by Gasteiger charge is 2.23. The molecule has 4 rings (SSSR count). The number of carbonyl (C=O) groups excluding carboxylic acids is 1. The average Bonchev–Trinajstić information content (AvgIpc) is 2.85. The molecule has 184 valence electrons. The van der Waals surface area contributed by atoms with E-state index in [4.69, 9.17) is 4.74 Å². The van der Waals surface area contributed by atoms with Gasteiger partial charge in [0.05, 0.1) is 11.3 Å². The second-order valence-corrected chi connectivity index (χ2v) is 9.34. The molecule has 0 aliphatic heterocycles. The van der Waals surface area contributed by atoms with Gasteiger partial charge in [-0.3, -0.25) is 4.79 Å². The summed E-state index contributed by atoms with van der Waals surface area (Å²) in [7, 11) is 0. The molecule has 1 amide bonds. The molecule has 0 atom stereocenters. The number of hydrogen-bond acceptors (Lipinski definition) is 4. The van der Waals surface area contributed by atoms with Crippen LogP contribution in [0, 0.1) is 0 Å². The maximum Gasteiger partial charge on any atom is 0.259 e. The van der Waals surface area contributed by atoms with Crippen LogP contribution in [0.3, 0.4) is 0 Å². The van der Waals surface area contributed by atoms with Crippen LogP contribution in [0.5, 0.6) is 23.0 Å². The van der Waals surface area contributed by atoms with Gasteiger partial charge in [-0.05, 0) is 47.7 Å². The molecule has 0 bridgehead atoms. The van der Waals surface area contributed by atoms with Gasteiger partial charge < -0.3 is 20.3 Å².